The van der Waals surface area contributed by atoms with Crippen LogP contribution in [0.4, 0.5) is 0 Å². The molecule has 280 valence electrons. The lowest BCUT2D eigenvalue weighted by molar-refractivity contribution is -0.182. The topological polar surface area (TPSA) is 86.7 Å². The Kier molecular flexibility index (Phi) is 9.09. The maximum atomic E-state index is 13.5. The lowest BCUT2D eigenvalue weighted by Gasteiger charge is -2.59. The third-order valence-electron chi connectivity index (χ3n) is 17.7. The summed E-state index contributed by atoms with van der Waals surface area (Å²) in [6, 6.07) is 0. The van der Waals surface area contributed by atoms with E-state index >= 15 is 0 Å². The van der Waals surface area contributed by atoms with Crippen LogP contribution in [0.25, 0.3) is 0 Å². The molecule has 0 aromatic rings. The molecule has 6 saturated carbocycles. The summed E-state index contributed by atoms with van der Waals surface area (Å²) in [5.74, 6) is 5.08. The van der Waals surface area contributed by atoms with E-state index in [0.717, 1.165) is 77.0 Å². The van der Waals surface area contributed by atoms with Crippen LogP contribution < -0.4 is 0 Å². The summed E-state index contributed by atoms with van der Waals surface area (Å²) >= 11 is 0. The highest BCUT2D eigenvalue weighted by atomic mass is 16.6. The number of ether oxygens (including phenoxy) is 2. The van der Waals surface area contributed by atoms with Gasteiger partial charge in [0.2, 0.25) is 0 Å². The highest BCUT2D eigenvalue weighted by Gasteiger charge is 2.65. The molecule has 6 heteroatoms. The Morgan fingerprint density at radius 3 is 2.33 bits per heavy atom. The van der Waals surface area contributed by atoms with Gasteiger partial charge in [-0.2, -0.15) is 0 Å². The number of ketones is 2. The van der Waals surface area contributed by atoms with Gasteiger partial charge < -0.3 is 9.47 Å². The summed E-state index contributed by atoms with van der Waals surface area (Å²) in [5, 5.41) is 0. The van der Waals surface area contributed by atoms with Crippen molar-refractivity contribution in [3.8, 4) is 0 Å². The first kappa shape index (κ1) is 35.8. The molecule has 0 saturated heterocycles. The third kappa shape index (κ3) is 5.59. The highest BCUT2D eigenvalue weighted by molar-refractivity contribution is 5.92. The molecule has 8 aliphatic rings. The summed E-state index contributed by atoms with van der Waals surface area (Å²) in [4.78, 5) is 51.3. The van der Waals surface area contributed by atoms with Crippen LogP contribution in [0.1, 0.15) is 157 Å². The monoisotopic (exact) mass is 700 g/mol. The average Bonchev–Trinajstić information content (AvgIpc) is 3.58. The van der Waals surface area contributed by atoms with Gasteiger partial charge in [0, 0.05) is 36.5 Å². The van der Waals surface area contributed by atoms with Crippen LogP contribution in [0, 0.1) is 63.6 Å². The predicted octanol–water partition coefficient (Wildman–Crippen LogP) is 9.68. The molecule has 6 nitrogen and oxygen atoms in total. The number of hydrogen-bond acceptors (Lipinski definition) is 6. The van der Waals surface area contributed by atoms with E-state index in [-0.39, 0.29) is 47.1 Å². The molecule has 13 atom stereocenters. The van der Waals surface area contributed by atoms with E-state index in [9.17, 15) is 19.2 Å². The second-order valence-electron chi connectivity index (χ2n) is 19.6. The number of carbonyl (C=O) groups is 4. The minimum atomic E-state index is -0.461. The summed E-state index contributed by atoms with van der Waals surface area (Å²) in [5.41, 5.74) is 2.50. The minimum absolute atomic E-state index is 0.00222. The van der Waals surface area contributed by atoms with Crippen molar-refractivity contribution in [2.75, 3.05) is 0 Å². The largest absolute Gasteiger partial charge is 0.462 e. The lowest BCUT2D eigenvalue weighted by atomic mass is 9.45. The van der Waals surface area contributed by atoms with Gasteiger partial charge in [-0.05, 0) is 168 Å². The third-order valence-corrected chi connectivity index (χ3v) is 17.7. The van der Waals surface area contributed by atoms with Crippen LogP contribution in [0.3, 0.4) is 0 Å². The van der Waals surface area contributed by atoms with E-state index in [2.05, 4.69) is 34.6 Å². The fourth-order valence-corrected chi connectivity index (χ4v) is 15.1. The van der Waals surface area contributed by atoms with Crippen molar-refractivity contribution in [3.63, 3.8) is 0 Å². The maximum absolute atomic E-state index is 13.5. The van der Waals surface area contributed by atoms with Crippen LogP contribution >= 0.6 is 0 Å². The Morgan fingerprint density at radius 1 is 0.765 bits per heavy atom. The number of allylic oxidation sites excluding steroid dienone is 2. The van der Waals surface area contributed by atoms with E-state index in [1.807, 2.05) is 12.2 Å². The number of fused-ring (bicyclic) bond motifs is 10. The molecule has 0 bridgehead atoms. The zero-order chi connectivity index (χ0) is 35.9. The molecule has 0 aromatic carbocycles. The molecule has 8 rings (SSSR count). The van der Waals surface area contributed by atoms with Gasteiger partial charge in [0.05, 0.1) is 0 Å². The molecule has 0 aliphatic heterocycles. The van der Waals surface area contributed by atoms with Gasteiger partial charge in [-0.3, -0.25) is 19.2 Å². The fraction of sp³-hybridized carbons (Fsp3) is 0.822. The van der Waals surface area contributed by atoms with Crippen molar-refractivity contribution >= 4 is 23.5 Å². The minimum Gasteiger partial charge on any atom is -0.462 e. The molecular weight excluding hydrogens is 636 g/mol. The van der Waals surface area contributed by atoms with Crippen molar-refractivity contribution in [2.45, 2.75) is 168 Å². The SMILES string of the molecule is CC[C@]12CCC3C4CCC(=O)C=C4CCC3C1CC[C@]2(C)OC(=O)CCCC(=O)O[C@H]1CCC2C3C(CC[C@@]21C)[C@@]1(C)CCC(=O)C=C1C[C@H]3C. The summed E-state index contributed by atoms with van der Waals surface area (Å²) in [7, 11) is 0. The highest BCUT2D eigenvalue weighted by Crippen LogP contribution is 2.68. The zero-order valence-electron chi connectivity index (χ0n) is 32.2. The first-order valence-electron chi connectivity index (χ1n) is 21.2. The maximum Gasteiger partial charge on any atom is 0.306 e. The molecule has 8 aliphatic carbocycles. The fourth-order valence-electron chi connectivity index (χ4n) is 15.1. The lowest BCUT2D eigenvalue weighted by Crippen LogP contribution is -2.54. The second kappa shape index (κ2) is 13.0. The van der Waals surface area contributed by atoms with Crippen LogP contribution in [-0.4, -0.2) is 35.2 Å². The standard InChI is InChI=1S/C45H64O6/c1-6-45-23-17-33-32-13-11-30(46)25-28(32)10-12-34(33)35(45)19-22-44(45,5)51-40(49)9-7-8-39(48)50-38-15-14-36-41-27(2)24-29-26-31(47)16-20-42(29,3)37(41)18-21-43(36,38)4/h25-27,32-38,41H,6-24H2,1-5H3/t27-,32?,33?,34?,35?,36?,37?,38+,41?,42+,43+,44+,45+/m1/s1. The van der Waals surface area contributed by atoms with Crippen molar-refractivity contribution in [1.82, 2.24) is 0 Å². The van der Waals surface area contributed by atoms with E-state index in [4.69, 9.17) is 9.47 Å². The summed E-state index contributed by atoms with van der Waals surface area (Å²) in [6.45, 7) is 11.7. The Bertz CT molecular complexity index is 1520. The van der Waals surface area contributed by atoms with Gasteiger partial charge in [-0.1, -0.05) is 38.8 Å². The van der Waals surface area contributed by atoms with E-state index in [0.29, 0.717) is 78.2 Å². The van der Waals surface area contributed by atoms with Crippen molar-refractivity contribution < 1.29 is 28.7 Å². The summed E-state index contributed by atoms with van der Waals surface area (Å²) < 4.78 is 12.8. The molecule has 0 heterocycles. The van der Waals surface area contributed by atoms with E-state index < -0.39 is 5.60 Å². The number of esters is 2. The van der Waals surface area contributed by atoms with Gasteiger partial charge in [-0.25, -0.2) is 0 Å². The van der Waals surface area contributed by atoms with Gasteiger partial charge >= 0.3 is 11.9 Å². The van der Waals surface area contributed by atoms with Gasteiger partial charge in [0.25, 0.3) is 0 Å². The van der Waals surface area contributed by atoms with Crippen LogP contribution in [0.2, 0.25) is 0 Å². The molecular formula is C45H64O6. The van der Waals surface area contributed by atoms with Crippen molar-refractivity contribution in [1.29, 1.82) is 0 Å². The smallest absolute Gasteiger partial charge is 0.306 e. The number of hydrogen-bond donors (Lipinski definition) is 0. The van der Waals surface area contributed by atoms with Crippen LogP contribution in [-0.2, 0) is 28.7 Å². The molecule has 0 spiro atoms. The molecule has 0 N–H and O–H groups in total. The number of rotatable bonds is 7. The molecule has 0 aromatic heterocycles. The van der Waals surface area contributed by atoms with Crippen LogP contribution in [0.15, 0.2) is 23.3 Å². The zero-order valence-corrected chi connectivity index (χ0v) is 32.2. The predicted molar refractivity (Wildman–Crippen MR) is 196 cm³/mol. The Balaban J connectivity index is 0.850. The quantitative estimate of drug-likeness (QED) is 0.246. The van der Waals surface area contributed by atoms with Crippen molar-refractivity contribution in [3.05, 3.63) is 23.3 Å². The van der Waals surface area contributed by atoms with Gasteiger partial charge in [0.15, 0.2) is 11.6 Å². The summed E-state index contributed by atoms with van der Waals surface area (Å²) in [6.07, 6.45) is 21.1. The first-order chi connectivity index (χ1) is 24.3. The second-order valence-corrected chi connectivity index (χ2v) is 19.6. The Labute approximate surface area is 306 Å². The van der Waals surface area contributed by atoms with Crippen molar-refractivity contribution in [2.24, 2.45) is 63.6 Å². The van der Waals surface area contributed by atoms with E-state index in [1.165, 1.54) is 24.0 Å². The molecule has 6 fully saturated rings. The number of carbonyl (C=O) groups excluding carboxylic acids is 4. The Hall–Kier alpha value is -2.24. The molecule has 0 amide bonds. The van der Waals surface area contributed by atoms with Gasteiger partial charge in [0.1, 0.15) is 11.7 Å². The van der Waals surface area contributed by atoms with E-state index in [1.54, 1.807) is 0 Å². The van der Waals surface area contributed by atoms with Gasteiger partial charge in [-0.15, -0.1) is 0 Å². The Morgan fingerprint density at radius 2 is 1.53 bits per heavy atom. The molecule has 7 unspecified atom stereocenters. The normalized spacial score (nSPS) is 47.0. The first-order valence-corrected chi connectivity index (χ1v) is 21.2. The molecule has 0 radical (unpaired) electrons. The van der Waals surface area contributed by atoms with Crippen LogP contribution in [0.5, 0.6) is 0 Å². The average molecular weight is 701 g/mol. The molecule has 51 heavy (non-hydrogen) atoms.